The fourth-order valence-corrected chi connectivity index (χ4v) is 3.32. The number of esters is 1. The Balaban J connectivity index is 1.54. The van der Waals surface area contributed by atoms with Gasteiger partial charge in [0.2, 0.25) is 5.91 Å². The zero-order chi connectivity index (χ0) is 19.2. The number of aryl methyl sites for hydroxylation is 1. The Morgan fingerprint density at radius 1 is 1.04 bits per heavy atom. The monoisotopic (exact) mass is 385 g/mol. The van der Waals surface area contributed by atoms with Crippen LogP contribution in [0.5, 0.6) is 5.75 Å². The zero-order valence-electron chi connectivity index (χ0n) is 15.0. The van der Waals surface area contributed by atoms with E-state index in [0.717, 1.165) is 22.8 Å². The first-order chi connectivity index (χ1) is 13.1. The molecule has 3 aromatic rings. The highest BCUT2D eigenvalue weighted by Crippen LogP contribution is 2.26. The fourth-order valence-electron chi connectivity index (χ4n) is 2.47. The molecule has 0 bridgehead atoms. The summed E-state index contributed by atoms with van der Waals surface area (Å²) in [6.45, 7) is 0. The van der Waals surface area contributed by atoms with Gasteiger partial charge >= 0.3 is 5.97 Å². The molecule has 3 rings (SSSR count). The summed E-state index contributed by atoms with van der Waals surface area (Å²) in [6, 6.07) is 14.6. The van der Waals surface area contributed by atoms with Gasteiger partial charge < -0.3 is 19.2 Å². The maximum Gasteiger partial charge on any atom is 0.348 e. The lowest BCUT2D eigenvalue weighted by Gasteiger charge is -2.02. The molecule has 0 radical (unpaired) electrons. The van der Waals surface area contributed by atoms with Crippen LogP contribution in [0.2, 0.25) is 0 Å². The molecule has 2 aromatic heterocycles. The van der Waals surface area contributed by atoms with Crippen LogP contribution in [-0.2, 0) is 16.0 Å². The van der Waals surface area contributed by atoms with Crippen molar-refractivity contribution in [1.82, 2.24) is 0 Å². The number of nitrogens with one attached hydrogen (secondary N) is 1. The third-order valence-corrected chi connectivity index (χ3v) is 4.87. The van der Waals surface area contributed by atoms with Crippen molar-refractivity contribution in [2.75, 3.05) is 19.5 Å². The van der Waals surface area contributed by atoms with Crippen LogP contribution in [-0.4, -0.2) is 26.1 Å². The van der Waals surface area contributed by atoms with Crippen molar-refractivity contribution in [3.63, 3.8) is 0 Å². The number of carbonyl (C=O) groups excluding carboxylic acids is 2. The minimum absolute atomic E-state index is 0.143. The van der Waals surface area contributed by atoms with Gasteiger partial charge in [-0.25, -0.2) is 4.79 Å². The van der Waals surface area contributed by atoms with Gasteiger partial charge in [-0.3, -0.25) is 4.79 Å². The van der Waals surface area contributed by atoms with Crippen molar-refractivity contribution in [3.8, 4) is 17.1 Å². The normalized spacial score (nSPS) is 10.4. The van der Waals surface area contributed by atoms with Gasteiger partial charge in [-0.05, 0) is 48.5 Å². The maximum atomic E-state index is 12.1. The van der Waals surface area contributed by atoms with Gasteiger partial charge in [0.05, 0.1) is 19.2 Å². The van der Waals surface area contributed by atoms with Crippen LogP contribution < -0.4 is 10.1 Å². The largest absolute Gasteiger partial charge is 0.497 e. The number of ether oxygens (including phenoxy) is 2. The quantitative estimate of drug-likeness (QED) is 0.611. The van der Waals surface area contributed by atoms with Crippen molar-refractivity contribution in [3.05, 3.63) is 59.2 Å². The van der Waals surface area contributed by atoms with Crippen molar-refractivity contribution in [1.29, 1.82) is 0 Å². The molecule has 0 spiro atoms. The van der Waals surface area contributed by atoms with E-state index in [2.05, 4.69) is 10.1 Å². The first-order valence-corrected chi connectivity index (χ1v) is 9.12. The molecule has 140 valence electrons. The summed E-state index contributed by atoms with van der Waals surface area (Å²) in [6.07, 6.45) is 0.762. The molecule has 1 amide bonds. The Morgan fingerprint density at radius 3 is 2.52 bits per heavy atom. The molecule has 0 fully saturated rings. The number of rotatable bonds is 7. The summed E-state index contributed by atoms with van der Waals surface area (Å²) in [5.41, 5.74) is 0.945. The Morgan fingerprint density at radius 2 is 1.81 bits per heavy atom. The topological polar surface area (TPSA) is 77.8 Å². The van der Waals surface area contributed by atoms with E-state index in [-0.39, 0.29) is 12.3 Å². The smallest absolute Gasteiger partial charge is 0.348 e. The summed E-state index contributed by atoms with van der Waals surface area (Å²) in [4.78, 5) is 24.0. The van der Waals surface area contributed by atoms with Crippen molar-refractivity contribution < 1.29 is 23.5 Å². The molecule has 0 aliphatic rings. The van der Waals surface area contributed by atoms with Gasteiger partial charge in [0.25, 0.3) is 0 Å². The standard InChI is InChI=1S/C20H19NO5S/c1-24-14-5-3-13(4-6-14)16-9-7-15(26-16)8-11-18(22)21-19-12-10-17(27-19)20(23)25-2/h3-7,9-10,12H,8,11H2,1-2H3,(H,21,22). The average Bonchev–Trinajstić information content (AvgIpc) is 3.35. The molecule has 2 heterocycles. The molecule has 0 atom stereocenters. The van der Waals surface area contributed by atoms with E-state index in [1.165, 1.54) is 18.4 Å². The second-order valence-electron chi connectivity index (χ2n) is 5.70. The van der Waals surface area contributed by atoms with Gasteiger partial charge in [-0.15, -0.1) is 11.3 Å². The first-order valence-electron chi connectivity index (χ1n) is 8.30. The molecule has 0 aliphatic carbocycles. The molecule has 6 nitrogen and oxygen atoms in total. The minimum atomic E-state index is -0.415. The van der Waals surface area contributed by atoms with Crippen LogP contribution in [0.4, 0.5) is 5.00 Å². The number of amides is 1. The summed E-state index contributed by atoms with van der Waals surface area (Å²) in [5.74, 6) is 1.70. The van der Waals surface area contributed by atoms with E-state index in [1.807, 2.05) is 36.4 Å². The second kappa shape index (κ2) is 8.55. The number of thiophene rings is 1. The van der Waals surface area contributed by atoms with E-state index in [0.29, 0.717) is 16.3 Å². The highest BCUT2D eigenvalue weighted by atomic mass is 32.1. The zero-order valence-corrected chi connectivity index (χ0v) is 15.8. The molecule has 7 heteroatoms. The maximum absolute atomic E-state index is 12.1. The summed E-state index contributed by atoms with van der Waals surface area (Å²) in [5, 5.41) is 3.39. The molecular weight excluding hydrogens is 366 g/mol. The fraction of sp³-hybridized carbons (Fsp3) is 0.200. The number of furan rings is 1. The van der Waals surface area contributed by atoms with Crippen molar-refractivity contribution in [2.45, 2.75) is 12.8 Å². The SMILES string of the molecule is COC(=O)c1ccc(NC(=O)CCc2ccc(-c3ccc(OC)cc3)o2)s1. The Hall–Kier alpha value is -3.06. The number of benzene rings is 1. The van der Waals surface area contributed by atoms with Crippen molar-refractivity contribution in [2.24, 2.45) is 0 Å². The van der Waals surface area contributed by atoms with E-state index in [9.17, 15) is 9.59 Å². The Bertz CT molecular complexity index is 926. The van der Waals surface area contributed by atoms with Crippen LogP contribution >= 0.6 is 11.3 Å². The summed E-state index contributed by atoms with van der Waals surface area (Å²) in [7, 11) is 2.95. The molecule has 1 N–H and O–H groups in total. The van der Waals surface area contributed by atoms with Crippen LogP contribution in [0.1, 0.15) is 21.9 Å². The molecule has 0 aliphatic heterocycles. The van der Waals surface area contributed by atoms with Gasteiger partial charge in [0, 0.05) is 18.4 Å². The summed E-state index contributed by atoms with van der Waals surface area (Å²) >= 11 is 1.18. The highest BCUT2D eigenvalue weighted by Gasteiger charge is 2.12. The predicted molar refractivity (Wildman–Crippen MR) is 103 cm³/mol. The third-order valence-electron chi connectivity index (χ3n) is 3.89. The molecule has 27 heavy (non-hydrogen) atoms. The minimum Gasteiger partial charge on any atom is -0.497 e. The number of methoxy groups -OCH3 is 2. The number of anilines is 1. The van der Waals surface area contributed by atoms with Crippen molar-refractivity contribution >= 4 is 28.2 Å². The van der Waals surface area contributed by atoms with Gasteiger partial charge in [-0.1, -0.05) is 0 Å². The van der Waals surface area contributed by atoms with E-state index < -0.39 is 5.97 Å². The Kier molecular flexibility index (Phi) is 5.93. The lowest BCUT2D eigenvalue weighted by Crippen LogP contribution is -2.11. The predicted octanol–water partition coefficient (Wildman–Crippen LogP) is 4.37. The van der Waals surface area contributed by atoms with E-state index in [1.54, 1.807) is 19.2 Å². The number of hydrogen-bond donors (Lipinski definition) is 1. The molecule has 0 unspecified atom stereocenters. The molecule has 0 saturated carbocycles. The van der Waals surface area contributed by atoms with E-state index >= 15 is 0 Å². The Labute approximate surface area is 160 Å². The highest BCUT2D eigenvalue weighted by molar-refractivity contribution is 7.18. The van der Waals surface area contributed by atoms with Gasteiger partial charge in [0.15, 0.2) is 0 Å². The number of carbonyl (C=O) groups is 2. The van der Waals surface area contributed by atoms with Gasteiger partial charge in [0.1, 0.15) is 22.1 Å². The third kappa shape index (κ3) is 4.77. The van der Waals surface area contributed by atoms with Crippen LogP contribution in [0.15, 0.2) is 52.9 Å². The number of hydrogen-bond acceptors (Lipinski definition) is 6. The molecular formula is C20H19NO5S. The van der Waals surface area contributed by atoms with Crippen LogP contribution in [0, 0.1) is 0 Å². The van der Waals surface area contributed by atoms with Crippen LogP contribution in [0.25, 0.3) is 11.3 Å². The first kappa shape index (κ1) is 18.7. The average molecular weight is 385 g/mol. The second-order valence-corrected chi connectivity index (χ2v) is 6.78. The lowest BCUT2D eigenvalue weighted by molar-refractivity contribution is -0.116. The molecule has 1 aromatic carbocycles. The molecule has 0 saturated heterocycles. The van der Waals surface area contributed by atoms with Gasteiger partial charge in [-0.2, -0.15) is 0 Å². The van der Waals surface area contributed by atoms with Crippen LogP contribution in [0.3, 0.4) is 0 Å². The van der Waals surface area contributed by atoms with E-state index in [4.69, 9.17) is 9.15 Å². The summed E-state index contributed by atoms with van der Waals surface area (Å²) < 4.78 is 15.6. The lowest BCUT2D eigenvalue weighted by atomic mass is 10.2.